The number of likely N-dealkylation sites (tertiary alicyclic amines) is 1. The highest BCUT2D eigenvalue weighted by atomic mass is 16.5. The third-order valence-electron chi connectivity index (χ3n) is 5.84. The number of hydrogen-bond donors (Lipinski definition) is 1. The van der Waals surface area contributed by atoms with E-state index in [0.29, 0.717) is 25.8 Å². The van der Waals surface area contributed by atoms with Gasteiger partial charge in [0.05, 0.1) is 32.3 Å². The first kappa shape index (κ1) is 22.6. The molecule has 2 aliphatic heterocycles. The number of methoxy groups -OCH3 is 1. The minimum Gasteiger partial charge on any atom is -0.469 e. The summed E-state index contributed by atoms with van der Waals surface area (Å²) in [5.41, 5.74) is 2.33. The van der Waals surface area contributed by atoms with Crippen LogP contribution in [-0.4, -0.2) is 62.9 Å². The summed E-state index contributed by atoms with van der Waals surface area (Å²) < 4.78 is 16.3. The number of esters is 1. The number of ether oxygens (including phenoxy) is 3. The summed E-state index contributed by atoms with van der Waals surface area (Å²) in [4.78, 5) is 19.0. The third kappa shape index (κ3) is 6.19. The molecule has 2 aliphatic rings. The van der Waals surface area contributed by atoms with Gasteiger partial charge >= 0.3 is 5.97 Å². The predicted octanol–water partition coefficient (Wildman–Crippen LogP) is 2.59. The zero-order valence-electron chi connectivity index (χ0n) is 18.4. The highest BCUT2D eigenvalue weighted by Gasteiger charge is 2.36. The lowest BCUT2D eigenvalue weighted by Gasteiger charge is -2.22. The second-order valence-corrected chi connectivity index (χ2v) is 8.12. The van der Waals surface area contributed by atoms with Crippen molar-refractivity contribution in [1.82, 2.24) is 10.2 Å². The first-order chi connectivity index (χ1) is 14.6. The Balaban J connectivity index is 1.54. The molecule has 0 aliphatic carbocycles. The highest BCUT2D eigenvalue weighted by Crippen LogP contribution is 2.24. The van der Waals surface area contributed by atoms with Crippen molar-refractivity contribution in [1.29, 1.82) is 0 Å². The molecule has 2 atom stereocenters. The van der Waals surface area contributed by atoms with Crippen LogP contribution in [0.15, 0.2) is 29.3 Å². The summed E-state index contributed by atoms with van der Waals surface area (Å²) in [5.74, 6) is 0.854. The van der Waals surface area contributed by atoms with E-state index in [0.717, 1.165) is 50.7 Å². The summed E-state index contributed by atoms with van der Waals surface area (Å²) in [6.07, 6.45) is 2.26. The molecule has 0 spiro atoms. The van der Waals surface area contributed by atoms with Gasteiger partial charge in [-0.1, -0.05) is 31.2 Å². The van der Waals surface area contributed by atoms with Gasteiger partial charge in [0.2, 0.25) is 0 Å². The quantitative estimate of drug-likeness (QED) is 0.418. The largest absolute Gasteiger partial charge is 0.469 e. The highest BCUT2D eigenvalue weighted by molar-refractivity contribution is 5.82. The lowest BCUT2D eigenvalue weighted by atomic mass is 9.99. The van der Waals surface area contributed by atoms with Crippen molar-refractivity contribution >= 4 is 11.9 Å². The molecule has 0 aromatic heterocycles. The number of aliphatic imine (C=N–C) groups is 1. The summed E-state index contributed by atoms with van der Waals surface area (Å²) in [6, 6.07) is 8.45. The molecule has 166 valence electrons. The summed E-state index contributed by atoms with van der Waals surface area (Å²) in [6.45, 7) is 9.20. The van der Waals surface area contributed by atoms with Gasteiger partial charge in [0, 0.05) is 32.8 Å². The van der Waals surface area contributed by atoms with Crippen LogP contribution >= 0.6 is 0 Å². The first-order valence-corrected chi connectivity index (χ1v) is 11.0. The van der Waals surface area contributed by atoms with Gasteiger partial charge in [-0.05, 0) is 36.8 Å². The first-order valence-electron chi connectivity index (χ1n) is 11.0. The van der Waals surface area contributed by atoms with Gasteiger partial charge < -0.3 is 24.4 Å². The van der Waals surface area contributed by atoms with Crippen molar-refractivity contribution in [2.75, 3.05) is 40.0 Å². The van der Waals surface area contributed by atoms with E-state index in [-0.39, 0.29) is 17.8 Å². The lowest BCUT2D eigenvalue weighted by Crippen LogP contribution is -2.40. The van der Waals surface area contributed by atoms with E-state index in [1.165, 1.54) is 12.7 Å². The van der Waals surface area contributed by atoms with Gasteiger partial charge in [-0.15, -0.1) is 0 Å². The van der Waals surface area contributed by atoms with Gasteiger partial charge in [0.25, 0.3) is 0 Å². The van der Waals surface area contributed by atoms with E-state index in [2.05, 4.69) is 48.3 Å². The molecule has 1 N–H and O–H groups in total. The fourth-order valence-electron chi connectivity index (χ4n) is 3.99. The molecule has 2 heterocycles. The van der Waals surface area contributed by atoms with Gasteiger partial charge in [-0.2, -0.15) is 0 Å². The second-order valence-electron chi connectivity index (χ2n) is 8.12. The molecule has 7 heteroatoms. The van der Waals surface area contributed by atoms with Crippen LogP contribution in [0.1, 0.15) is 37.8 Å². The van der Waals surface area contributed by atoms with Gasteiger partial charge in [0.1, 0.15) is 0 Å². The smallest absolute Gasteiger partial charge is 0.310 e. The van der Waals surface area contributed by atoms with Gasteiger partial charge in [-0.3, -0.25) is 4.79 Å². The van der Waals surface area contributed by atoms with Crippen molar-refractivity contribution in [3.05, 3.63) is 35.4 Å². The monoisotopic (exact) mass is 417 g/mol. The summed E-state index contributed by atoms with van der Waals surface area (Å²) >= 11 is 0. The minimum atomic E-state index is -0.139. The molecule has 2 fully saturated rings. The fourth-order valence-corrected chi connectivity index (χ4v) is 3.99. The third-order valence-corrected chi connectivity index (χ3v) is 5.84. The number of rotatable bonds is 7. The van der Waals surface area contributed by atoms with Crippen LogP contribution < -0.4 is 5.32 Å². The molecular weight excluding hydrogens is 382 g/mol. The molecule has 0 bridgehead atoms. The predicted molar refractivity (Wildman–Crippen MR) is 116 cm³/mol. The Hall–Kier alpha value is -2.12. The van der Waals surface area contributed by atoms with E-state index < -0.39 is 0 Å². The molecule has 0 saturated carbocycles. The number of hydrogen-bond acceptors (Lipinski definition) is 5. The zero-order chi connectivity index (χ0) is 21.3. The zero-order valence-corrected chi connectivity index (χ0v) is 18.4. The van der Waals surface area contributed by atoms with Crippen LogP contribution in [0.4, 0.5) is 0 Å². The van der Waals surface area contributed by atoms with Crippen LogP contribution in [-0.2, 0) is 32.2 Å². The Kier molecular flexibility index (Phi) is 8.51. The fraction of sp³-hybridized carbons (Fsp3) is 0.652. The van der Waals surface area contributed by atoms with E-state index >= 15 is 0 Å². The Labute approximate surface area is 179 Å². The van der Waals surface area contributed by atoms with Crippen LogP contribution in [0.25, 0.3) is 0 Å². The Morgan fingerprint density at radius 3 is 2.57 bits per heavy atom. The molecule has 2 saturated heterocycles. The Bertz CT molecular complexity index is 701. The normalized spacial score (nSPS) is 22.9. The maximum atomic E-state index is 12.0. The lowest BCUT2D eigenvalue weighted by molar-refractivity contribution is -0.145. The number of nitrogens with zero attached hydrogens (tertiary/aromatic N) is 2. The van der Waals surface area contributed by atoms with Crippen molar-refractivity contribution in [3.63, 3.8) is 0 Å². The van der Waals surface area contributed by atoms with Crippen molar-refractivity contribution in [2.45, 2.75) is 45.9 Å². The second kappa shape index (κ2) is 11.3. The van der Waals surface area contributed by atoms with E-state index in [1.807, 2.05) is 0 Å². The van der Waals surface area contributed by atoms with Crippen molar-refractivity contribution in [2.24, 2.45) is 16.8 Å². The molecular formula is C23H35N3O4. The van der Waals surface area contributed by atoms with Crippen LogP contribution in [0, 0.1) is 11.8 Å². The maximum absolute atomic E-state index is 12.0. The molecule has 3 rings (SSSR count). The average Bonchev–Trinajstić information content (AvgIpc) is 3.17. The minimum absolute atomic E-state index is 0.103. The molecule has 0 amide bonds. The molecule has 1 aromatic rings. The molecule has 2 unspecified atom stereocenters. The number of benzene rings is 1. The van der Waals surface area contributed by atoms with Crippen LogP contribution in [0.2, 0.25) is 0 Å². The van der Waals surface area contributed by atoms with Crippen molar-refractivity contribution < 1.29 is 19.0 Å². The number of guanidine groups is 1. The van der Waals surface area contributed by atoms with Crippen molar-refractivity contribution in [3.8, 4) is 0 Å². The van der Waals surface area contributed by atoms with Crippen LogP contribution in [0.3, 0.4) is 0 Å². The molecule has 0 radical (unpaired) electrons. The SMILES string of the molecule is CCNC(=NCc1ccc(COC2CCOCC2)cc1)N1CC(C)C(C(=O)OC)C1. The Morgan fingerprint density at radius 1 is 1.20 bits per heavy atom. The summed E-state index contributed by atoms with van der Waals surface area (Å²) in [5, 5.41) is 3.35. The standard InChI is InChI=1S/C23H35N3O4/c1-4-24-23(26-14-17(2)21(15-26)22(27)28-3)25-13-18-5-7-19(8-6-18)16-30-20-9-11-29-12-10-20/h5-8,17,20-21H,4,9-16H2,1-3H3,(H,24,25). The average molecular weight is 418 g/mol. The summed E-state index contributed by atoms with van der Waals surface area (Å²) in [7, 11) is 1.45. The van der Waals surface area contributed by atoms with Gasteiger partial charge in [0.15, 0.2) is 5.96 Å². The van der Waals surface area contributed by atoms with Crippen LogP contribution in [0.5, 0.6) is 0 Å². The van der Waals surface area contributed by atoms with E-state index in [1.54, 1.807) is 0 Å². The maximum Gasteiger partial charge on any atom is 0.310 e. The molecule has 30 heavy (non-hydrogen) atoms. The van der Waals surface area contributed by atoms with E-state index in [4.69, 9.17) is 19.2 Å². The van der Waals surface area contributed by atoms with E-state index in [9.17, 15) is 4.79 Å². The molecule has 1 aromatic carbocycles. The Morgan fingerprint density at radius 2 is 1.90 bits per heavy atom. The number of carbonyl (C=O) groups is 1. The molecule has 7 nitrogen and oxygen atoms in total. The number of carbonyl (C=O) groups excluding carboxylic acids is 1. The van der Waals surface area contributed by atoms with Gasteiger partial charge in [-0.25, -0.2) is 4.99 Å². The number of nitrogens with one attached hydrogen (secondary N) is 1. The topological polar surface area (TPSA) is 72.4 Å².